The van der Waals surface area contributed by atoms with Gasteiger partial charge < -0.3 is 4.57 Å². The highest BCUT2D eigenvalue weighted by molar-refractivity contribution is 7.85. The van der Waals surface area contributed by atoms with Crippen molar-refractivity contribution in [2.45, 2.75) is 13.8 Å². The van der Waals surface area contributed by atoms with Crippen molar-refractivity contribution in [1.29, 1.82) is 0 Å². The molecule has 278 valence electrons. The van der Waals surface area contributed by atoms with Gasteiger partial charge in [-0.2, -0.15) is 0 Å². The Morgan fingerprint density at radius 1 is 0.397 bits per heavy atom. The molecule has 0 unspecified atom stereocenters. The predicted molar refractivity (Wildman–Crippen MR) is 237 cm³/mol. The fourth-order valence-corrected chi connectivity index (χ4v) is 11.3. The third kappa shape index (κ3) is 5.73. The Balaban J connectivity index is 1.26. The minimum Gasteiger partial charge on any atom is -0.309 e. The van der Waals surface area contributed by atoms with E-state index in [1.807, 2.05) is 103 Å². The van der Waals surface area contributed by atoms with Crippen molar-refractivity contribution in [1.82, 2.24) is 9.97 Å². The molecule has 0 amide bonds. The summed E-state index contributed by atoms with van der Waals surface area (Å²) in [6, 6.07) is 54.9. The lowest BCUT2D eigenvalue weighted by molar-refractivity contribution is 0.592. The molecule has 2 heterocycles. The minimum absolute atomic E-state index is 0.308. The maximum absolute atomic E-state index is 15.3. The van der Waals surface area contributed by atoms with E-state index in [1.165, 1.54) is 24.3 Å². The van der Waals surface area contributed by atoms with Gasteiger partial charge in [0.2, 0.25) is 0 Å². The number of hydrogen-bond donors (Lipinski definition) is 0. The highest BCUT2D eigenvalue weighted by Gasteiger charge is 2.30. The van der Waals surface area contributed by atoms with Gasteiger partial charge in [0.15, 0.2) is 7.14 Å². The number of rotatable bonds is 6. The summed E-state index contributed by atoms with van der Waals surface area (Å²) in [6.45, 7) is 4.26. The molecule has 0 atom stereocenters. The van der Waals surface area contributed by atoms with Gasteiger partial charge in [-0.25, -0.2) is 18.7 Å². The molecule has 0 aliphatic rings. The average molecular weight is 773 g/mol. The second-order valence-corrected chi connectivity index (χ2v) is 17.5. The van der Waals surface area contributed by atoms with Crippen LogP contribution in [0.5, 0.6) is 0 Å². The lowest BCUT2D eigenvalue weighted by atomic mass is 9.85. The summed E-state index contributed by atoms with van der Waals surface area (Å²) in [5.41, 5.74) is 8.63. The van der Waals surface area contributed by atoms with Crippen LogP contribution in [0.1, 0.15) is 11.1 Å². The predicted octanol–water partition coefficient (Wildman–Crippen LogP) is 12.6. The summed E-state index contributed by atoms with van der Waals surface area (Å²) in [6.07, 6.45) is 0. The highest BCUT2D eigenvalue weighted by atomic mass is 31.2. The lowest BCUT2D eigenvalue weighted by Gasteiger charge is -2.21. The molecule has 58 heavy (non-hydrogen) atoms. The molecule has 0 fully saturated rings. The number of aryl methyl sites for hydroxylation is 2. The third-order valence-electron chi connectivity index (χ3n) is 11.4. The second kappa shape index (κ2) is 14.0. The number of pyridine rings is 2. The van der Waals surface area contributed by atoms with Crippen LogP contribution in [0.15, 0.2) is 176 Å². The Labute approximate surface area is 334 Å². The van der Waals surface area contributed by atoms with Gasteiger partial charge in [-0.15, -0.1) is 0 Å². The molecular formula is C52H35F2N2OP. The van der Waals surface area contributed by atoms with Crippen LogP contribution in [-0.4, -0.2) is 9.97 Å². The molecule has 6 heteroatoms. The zero-order valence-corrected chi connectivity index (χ0v) is 32.6. The first kappa shape index (κ1) is 35.6. The van der Waals surface area contributed by atoms with E-state index in [2.05, 4.69) is 38.1 Å². The first-order valence-corrected chi connectivity index (χ1v) is 20.9. The number of aromatic nitrogens is 2. The molecule has 0 N–H and O–H groups in total. The molecule has 0 saturated heterocycles. The first-order chi connectivity index (χ1) is 28.3. The van der Waals surface area contributed by atoms with E-state index in [4.69, 9.17) is 9.97 Å². The van der Waals surface area contributed by atoms with Gasteiger partial charge in [-0.3, -0.25) is 0 Å². The topological polar surface area (TPSA) is 42.9 Å². The van der Waals surface area contributed by atoms with Crippen molar-refractivity contribution >= 4 is 66.4 Å². The van der Waals surface area contributed by atoms with Crippen molar-refractivity contribution in [3.63, 3.8) is 0 Å². The molecule has 0 radical (unpaired) electrons. The highest BCUT2D eigenvalue weighted by Crippen LogP contribution is 2.47. The Bertz CT molecular complexity index is 3230. The largest absolute Gasteiger partial charge is 0.309 e. The Morgan fingerprint density at radius 3 is 1.41 bits per heavy atom. The number of fused-ring (bicyclic) bond motifs is 6. The summed E-state index contributed by atoms with van der Waals surface area (Å²) >= 11 is 0. The maximum Gasteiger partial charge on any atom is 0.171 e. The van der Waals surface area contributed by atoms with Crippen LogP contribution >= 0.6 is 7.14 Å². The van der Waals surface area contributed by atoms with Crippen LogP contribution in [0, 0.1) is 25.5 Å². The van der Waals surface area contributed by atoms with E-state index in [9.17, 15) is 8.78 Å². The summed E-state index contributed by atoms with van der Waals surface area (Å²) in [5.74, 6) is -0.629. The van der Waals surface area contributed by atoms with Crippen molar-refractivity contribution in [3.05, 3.63) is 199 Å². The van der Waals surface area contributed by atoms with Crippen molar-refractivity contribution in [2.75, 3.05) is 0 Å². The smallest absolute Gasteiger partial charge is 0.171 e. The summed E-state index contributed by atoms with van der Waals surface area (Å²) in [4.78, 5) is 10.6. The first-order valence-electron chi connectivity index (χ1n) is 19.2. The van der Waals surface area contributed by atoms with E-state index in [0.29, 0.717) is 0 Å². The standard InChI is InChI=1S/C52H35F2N2OP/c1-32-47-43-18-9-10-19-45(43)55-51(34-20-25-38(53)26-21-34)49(47)33(2)48-44-29-24-37(31-46(44)56-52(50(32)48)35-22-27-39(54)28-23-35)36-12-11-17-42(30-36)58(57,40-13-5-3-6-14-40)41-15-7-4-8-16-41/h3-31H,1-2H3. The van der Waals surface area contributed by atoms with Crippen LogP contribution in [0.3, 0.4) is 0 Å². The van der Waals surface area contributed by atoms with E-state index in [0.717, 1.165) is 104 Å². The Kier molecular flexibility index (Phi) is 8.58. The molecule has 2 aromatic heterocycles. The molecule has 0 bridgehead atoms. The molecule has 0 spiro atoms. The molecule has 10 aromatic rings. The number of nitrogens with zero attached hydrogens (tertiary/aromatic N) is 2. The van der Waals surface area contributed by atoms with Gasteiger partial charge in [0.1, 0.15) is 11.6 Å². The zero-order chi connectivity index (χ0) is 39.5. The number of halogens is 2. The SMILES string of the molecule is Cc1c2c(-c3ccc(F)cc3)nc3cc(-c4cccc(P(=O)(c5ccccc5)c5ccccc5)c4)ccc3c2c(C)c2c(-c3ccc(F)cc3)nc3ccccc3c12. The van der Waals surface area contributed by atoms with Crippen molar-refractivity contribution in [2.24, 2.45) is 0 Å². The fourth-order valence-electron chi connectivity index (χ4n) is 8.65. The van der Waals surface area contributed by atoms with Gasteiger partial charge in [-0.05, 0) is 114 Å². The van der Waals surface area contributed by atoms with Gasteiger partial charge in [0.05, 0.1) is 22.4 Å². The van der Waals surface area contributed by atoms with Crippen LogP contribution < -0.4 is 15.9 Å². The number of benzene rings is 8. The molecule has 8 aromatic carbocycles. The van der Waals surface area contributed by atoms with Gasteiger partial charge >= 0.3 is 0 Å². The minimum atomic E-state index is -3.22. The molecule has 0 saturated carbocycles. The van der Waals surface area contributed by atoms with E-state index in [1.54, 1.807) is 24.3 Å². The van der Waals surface area contributed by atoms with Crippen molar-refractivity contribution in [3.8, 4) is 33.6 Å². The zero-order valence-electron chi connectivity index (χ0n) is 31.7. The third-order valence-corrected chi connectivity index (χ3v) is 14.5. The summed E-state index contributed by atoms with van der Waals surface area (Å²) < 4.78 is 44.0. The number of hydrogen-bond acceptors (Lipinski definition) is 3. The fraction of sp³-hybridized carbons (Fsp3) is 0.0385. The molecule has 3 nitrogen and oxygen atoms in total. The molecular weight excluding hydrogens is 738 g/mol. The summed E-state index contributed by atoms with van der Waals surface area (Å²) in [5, 5.41) is 8.29. The van der Waals surface area contributed by atoms with E-state index in [-0.39, 0.29) is 11.6 Å². The number of para-hydroxylation sites is 1. The van der Waals surface area contributed by atoms with Crippen LogP contribution in [0.4, 0.5) is 8.78 Å². The molecule has 0 aliphatic carbocycles. The van der Waals surface area contributed by atoms with Crippen molar-refractivity contribution < 1.29 is 13.3 Å². The molecule has 0 aliphatic heterocycles. The Hall–Kier alpha value is -6.81. The lowest BCUT2D eigenvalue weighted by Crippen LogP contribution is -2.25. The van der Waals surface area contributed by atoms with E-state index < -0.39 is 7.14 Å². The average Bonchev–Trinajstić information content (AvgIpc) is 3.27. The molecule has 10 rings (SSSR count). The summed E-state index contributed by atoms with van der Waals surface area (Å²) in [7, 11) is -3.22. The van der Waals surface area contributed by atoms with Crippen LogP contribution in [0.25, 0.3) is 77.0 Å². The second-order valence-electron chi connectivity index (χ2n) is 14.8. The van der Waals surface area contributed by atoms with Gasteiger partial charge in [-0.1, -0.05) is 109 Å². The van der Waals surface area contributed by atoms with Gasteiger partial charge in [0.25, 0.3) is 0 Å². The van der Waals surface area contributed by atoms with Gasteiger partial charge in [0, 0.05) is 48.6 Å². The van der Waals surface area contributed by atoms with E-state index >= 15 is 4.57 Å². The van der Waals surface area contributed by atoms with Crippen LogP contribution in [-0.2, 0) is 4.57 Å². The monoisotopic (exact) mass is 772 g/mol. The quantitative estimate of drug-likeness (QED) is 0.0960. The van der Waals surface area contributed by atoms with Crippen LogP contribution in [0.2, 0.25) is 0 Å². The maximum atomic E-state index is 15.3. The Morgan fingerprint density at radius 2 is 0.845 bits per heavy atom. The normalized spacial score (nSPS) is 11.9.